The molecule has 6 rings (SSSR count). The Morgan fingerprint density at radius 3 is 2.58 bits per heavy atom. The van der Waals surface area contributed by atoms with Crippen molar-refractivity contribution in [2.24, 2.45) is 5.10 Å². The summed E-state index contributed by atoms with van der Waals surface area (Å²) in [5.74, 6) is 1.50. The monoisotopic (exact) mass is 783 g/mol. The average molecular weight is 787 g/mol. The van der Waals surface area contributed by atoms with Gasteiger partial charge in [-0.2, -0.15) is 9.78 Å². The molecule has 2 heterocycles. The lowest BCUT2D eigenvalue weighted by atomic mass is 10.2. The van der Waals surface area contributed by atoms with Crippen LogP contribution >= 0.6 is 59.4 Å². The Morgan fingerprint density at radius 1 is 1.00 bits per heavy atom. The summed E-state index contributed by atoms with van der Waals surface area (Å²) in [5.41, 5.74) is 2.38. The van der Waals surface area contributed by atoms with Gasteiger partial charge in [0.2, 0.25) is 5.82 Å². The molecule has 0 bridgehead atoms. The second-order valence-corrected chi connectivity index (χ2v) is 12.3. The van der Waals surface area contributed by atoms with Gasteiger partial charge in [-0.3, -0.25) is 4.79 Å². The van der Waals surface area contributed by atoms with Crippen LogP contribution in [0.25, 0.3) is 33.5 Å². The second kappa shape index (κ2) is 12.7. The second-order valence-electron chi connectivity index (χ2n) is 9.34. The van der Waals surface area contributed by atoms with E-state index in [1.807, 2.05) is 61.5 Å². The van der Waals surface area contributed by atoms with Crippen molar-refractivity contribution in [3.8, 4) is 23.1 Å². The lowest BCUT2D eigenvalue weighted by molar-refractivity contribution is 0.269. The number of benzene rings is 4. The molecule has 0 aliphatic carbocycles. The molecule has 0 aliphatic heterocycles. The van der Waals surface area contributed by atoms with Crippen molar-refractivity contribution in [1.82, 2.24) is 9.66 Å². The first-order chi connectivity index (χ1) is 20.8. The highest BCUT2D eigenvalue weighted by Gasteiger charge is 2.20. The molecule has 4 aromatic carbocycles. The van der Waals surface area contributed by atoms with E-state index >= 15 is 0 Å². The van der Waals surface area contributed by atoms with Crippen LogP contribution < -0.4 is 15.0 Å². The summed E-state index contributed by atoms with van der Waals surface area (Å²) in [6.45, 7) is 2.52. The fourth-order valence-electron chi connectivity index (χ4n) is 4.49. The van der Waals surface area contributed by atoms with Crippen LogP contribution in [0.15, 0.2) is 107 Å². The predicted octanol–water partition coefficient (Wildman–Crippen LogP) is 9.61. The number of furan rings is 1. The summed E-state index contributed by atoms with van der Waals surface area (Å²) in [6.07, 6.45) is 1.53. The van der Waals surface area contributed by atoms with Gasteiger partial charge in [0, 0.05) is 29.9 Å². The summed E-state index contributed by atoms with van der Waals surface area (Å²) in [4.78, 5) is 18.4. The molecule has 6 aromatic rings. The maximum absolute atomic E-state index is 13.7. The van der Waals surface area contributed by atoms with E-state index in [1.54, 1.807) is 24.3 Å². The number of halogens is 4. The number of fused-ring (bicyclic) bond motifs is 2. The topological polar surface area (TPSA) is 78.9 Å². The Labute approximate surface area is 276 Å². The Balaban J connectivity index is 1.43. The Morgan fingerprint density at radius 2 is 1.79 bits per heavy atom. The van der Waals surface area contributed by atoms with Gasteiger partial charge >= 0.3 is 0 Å². The minimum absolute atomic E-state index is 0.256. The smallest absolute Gasteiger partial charge is 0.282 e. The summed E-state index contributed by atoms with van der Waals surface area (Å²) in [6, 6.07) is 24.2. The SMILES string of the molecule is CCOc1cc(C=Nn2c(-c3cc4ccccc4o3)nc3ccccc3c2=O)c(Br)c(Cl)c1OCc1ccc(Br)cc1Br. The third-order valence-corrected chi connectivity index (χ3v) is 9.23. The van der Waals surface area contributed by atoms with E-state index in [0.717, 1.165) is 19.9 Å². The van der Waals surface area contributed by atoms with Crippen LogP contribution in [0.4, 0.5) is 0 Å². The van der Waals surface area contributed by atoms with E-state index in [4.69, 9.17) is 30.5 Å². The number of ether oxygens (including phenoxy) is 2. The largest absolute Gasteiger partial charge is 0.490 e. The molecule has 0 aliphatic rings. The summed E-state index contributed by atoms with van der Waals surface area (Å²) >= 11 is 17.4. The molecule has 11 heteroatoms. The molecular formula is C32H21Br3ClN3O4. The number of aromatic nitrogens is 2. The summed E-state index contributed by atoms with van der Waals surface area (Å²) in [5, 5.41) is 6.20. The summed E-state index contributed by atoms with van der Waals surface area (Å²) in [7, 11) is 0. The maximum atomic E-state index is 13.7. The minimum atomic E-state index is -0.343. The standard InChI is InChI=1S/C32H21Br3ClN3O4/c1-2-41-26-14-20(28(35)29(36)30(26)42-17-19-11-12-21(33)15-23(19)34)16-37-39-31(27-13-18-7-3-6-10-25(18)43-27)38-24-9-5-4-8-22(24)32(39)40/h3-16H,2,17H2,1H3. The van der Waals surface area contributed by atoms with Crippen LogP contribution in [0.3, 0.4) is 0 Å². The van der Waals surface area contributed by atoms with E-state index < -0.39 is 0 Å². The highest BCUT2D eigenvalue weighted by molar-refractivity contribution is 9.11. The quantitative estimate of drug-likeness (QED) is 0.144. The van der Waals surface area contributed by atoms with Gasteiger partial charge in [-0.15, -0.1) is 0 Å². The molecule has 0 amide bonds. The molecule has 0 atom stereocenters. The van der Waals surface area contributed by atoms with Crippen molar-refractivity contribution in [3.05, 3.63) is 119 Å². The molecule has 216 valence electrons. The van der Waals surface area contributed by atoms with Gasteiger partial charge in [0.25, 0.3) is 5.56 Å². The zero-order valence-corrected chi connectivity index (χ0v) is 28.0. The highest BCUT2D eigenvalue weighted by Crippen LogP contribution is 2.43. The number of nitrogens with zero attached hydrogens (tertiary/aromatic N) is 3. The van der Waals surface area contributed by atoms with Crippen LogP contribution in [-0.4, -0.2) is 22.5 Å². The van der Waals surface area contributed by atoms with Crippen LogP contribution in [0.5, 0.6) is 11.5 Å². The minimum Gasteiger partial charge on any atom is -0.490 e. The first-order valence-electron chi connectivity index (χ1n) is 13.1. The third kappa shape index (κ3) is 6.02. The third-order valence-electron chi connectivity index (χ3n) is 6.55. The van der Waals surface area contributed by atoms with E-state index in [1.165, 1.54) is 10.9 Å². The van der Waals surface area contributed by atoms with Gasteiger partial charge in [0.1, 0.15) is 17.2 Å². The maximum Gasteiger partial charge on any atom is 0.282 e. The van der Waals surface area contributed by atoms with Crippen LogP contribution in [0, 0.1) is 0 Å². The molecule has 0 saturated carbocycles. The molecule has 0 N–H and O–H groups in total. The molecule has 7 nitrogen and oxygen atoms in total. The van der Waals surface area contributed by atoms with Crippen molar-refractivity contribution >= 4 is 87.5 Å². The van der Waals surface area contributed by atoms with E-state index in [2.05, 4.69) is 52.9 Å². The number of hydrogen-bond donors (Lipinski definition) is 0. The predicted molar refractivity (Wildman–Crippen MR) is 181 cm³/mol. The van der Waals surface area contributed by atoms with Crippen molar-refractivity contribution < 1.29 is 13.9 Å². The van der Waals surface area contributed by atoms with Crippen molar-refractivity contribution in [3.63, 3.8) is 0 Å². The van der Waals surface area contributed by atoms with E-state index in [0.29, 0.717) is 55.4 Å². The normalized spacial score (nSPS) is 11.6. The Kier molecular flexibility index (Phi) is 8.72. The van der Waals surface area contributed by atoms with Gasteiger partial charge in [0.15, 0.2) is 17.3 Å². The van der Waals surface area contributed by atoms with Crippen LogP contribution in [0.2, 0.25) is 5.02 Å². The number of rotatable bonds is 8. The van der Waals surface area contributed by atoms with E-state index in [9.17, 15) is 4.79 Å². The molecule has 0 radical (unpaired) electrons. The molecule has 0 saturated heterocycles. The van der Waals surface area contributed by atoms with Gasteiger partial charge in [0.05, 0.1) is 23.7 Å². The van der Waals surface area contributed by atoms with Gasteiger partial charge < -0.3 is 13.9 Å². The number of hydrogen-bond acceptors (Lipinski definition) is 6. The van der Waals surface area contributed by atoms with E-state index in [-0.39, 0.29) is 18.0 Å². The Hall–Kier alpha value is -3.44. The van der Waals surface area contributed by atoms with Crippen molar-refractivity contribution in [2.45, 2.75) is 13.5 Å². The molecule has 0 spiro atoms. The first-order valence-corrected chi connectivity index (χ1v) is 15.9. The zero-order valence-electron chi connectivity index (χ0n) is 22.5. The molecule has 43 heavy (non-hydrogen) atoms. The number of para-hydroxylation sites is 2. The van der Waals surface area contributed by atoms with Gasteiger partial charge in [-0.05, 0) is 65.3 Å². The lowest BCUT2D eigenvalue weighted by Crippen LogP contribution is -2.20. The van der Waals surface area contributed by atoms with Gasteiger partial charge in [-0.1, -0.05) is 79.9 Å². The molecular weight excluding hydrogens is 766 g/mol. The van der Waals surface area contributed by atoms with Crippen LogP contribution in [-0.2, 0) is 6.61 Å². The van der Waals surface area contributed by atoms with Crippen molar-refractivity contribution in [1.29, 1.82) is 0 Å². The van der Waals surface area contributed by atoms with Gasteiger partial charge in [-0.25, -0.2) is 4.98 Å². The lowest BCUT2D eigenvalue weighted by Gasteiger charge is -2.16. The Bertz CT molecular complexity index is 2060. The first kappa shape index (κ1) is 29.6. The van der Waals surface area contributed by atoms with Crippen molar-refractivity contribution in [2.75, 3.05) is 6.61 Å². The van der Waals surface area contributed by atoms with Crippen LogP contribution in [0.1, 0.15) is 18.1 Å². The highest BCUT2D eigenvalue weighted by atomic mass is 79.9. The average Bonchev–Trinajstić information content (AvgIpc) is 3.44. The molecule has 0 fully saturated rings. The molecule has 0 unspecified atom stereocenters. The summed E-state index contributed by atoms with van der Waals surface area (Å²) < 4.78 is 21.7. The fraction of sp³-hybridized carbons (Fsp3) is 0.0938. The fourth-order valence-corrected chi connectivity index (χ4v) is 6.30. The zero-order chi connectivity index (χ0) is 30.1. The molecule has 2 aromatic heterocycles.